The third-order valence-corrected chi connectivity index (χ3v) is 4.96. The number of nitrogens with one attached hydrogen (secondary N) is 2. The molecular formula is C19H26N6O3. The second-order valence-electron chi connectivity index (χ2n) is 7.07. The number of hydrogen-bond donors (Lipinski definition) is 4. The third-order valence-electron chi connectivity index (χ3n) is 4.96. The Morgan fingerprint density at radius 2 is 2.07 bits per heavy atom. The van der Waals surface area contributed by atoms with Crippen LogP contribution in [0.15, 0.2) is 22.1 Å². The van der Waals surface area contributed by atoms with E-state index in [0.29, 0.717) is 44.9 Å². The van der Waals surface area contributed by atoms with Crippen LogP contribution in [0.5, 0.6) is 0 Å². The van der Waals surface area contributed by atoms with Crippen molar-refractivity contribution in [2.24, 2.45) is 15.7 Å². The van der Waals surface area contributed by atoms with Crippen molar-refractivity contribution >= 4 is 34.9 Å². The van der Waals surface area contributed by atoms with Crippen molar-refractivity contribution in [3.63, 3.8) is 0 Å². The highest BCUT2D eigenvalue weighted by molar-refractivity contribution is 6.51. The monoisotopic (exact) mass is 386 g/mol. The van der Waals surface area contributed by atoms with Crippen LogP contribution in [0, 0.1) is 13.8 Å². The standard InChI is InChI=1S/C19H26N6O3/c1-11-8-14-16(9-12(11)2)25(17-15(23-14)10-22-19(28)24-17)7-6-21-5-3-4-13(20)18(26)27/h8-9,13,21H,3-7,10,20H2,1-2H3,(H,22,28)(H,26,27). The first kappa shape index (κ1) is 20.0. The van der Waals surface area contributed by atoms with Gasteiger partial charge in [-0.05, 0) is 56.5 Å². The Labute approximate surface area is 163 Å². The van der Waals surface area contributed by atoms with E-state index in [1.807, 2.05) is 11.8 Å². The topological polar surface area (TPSA) is 132 Å². The van der Waals surface area contributed by atoms with Gasteiger partial charge >= 0.3 is 12.0 Å². The number of benzene rings is 1. The summed E-state index contributed by atoms with van der Waals surface area (Å²) in [5.41, 5.74) is 10.4. The fourth-order valence-corrected chi connectivity index (χ4v) is 3.21. The Bertz CT molecular complexity index is 848. The number of rotatable bonds is 8. The Morgan fingerprint density at radius 3 is 2.82 bits per heavy atom. The summed E-state index contributed by atoms with van der Waals surface area (Å²) in [6.07, 6.45) is 1.11. The number of carboxylic acids is 1. The van der Waals surface area contributed by atoms with Gasteiger partial charge in [0.05, 0.1) is 17.9 Å². The largest absolute Gasteiger partial charge is 0.480 e. The summed E-state index contributed by atoms with van der Waals surface area (Å²) in [6, 6.07) is 2.95. The molecule has 9 heteroatoms. The zero-order chi connectivity index (χ0) is 20.3. The van der Waals surface area contributed by atoms with Gasteiger partial charge in [0, 0.05) is 13.1 Å². The molecule has 0 saturated heterocycles. The number of anilines is 1. The van der Waals surface area contributed by atoms with E-state index in [-0.39, 0.29) is 6.03 Å². The zero-order valence-electron chi connectivity index (χ0n) is 16.2. The average molecular weight is 386 g/mol. The number of nitrogens with zero attached hydrogens (tertiary/aromatic N) is 3. The molecule has 1 unspecified atom stereocenters. The summed E-state index contributed by atoms with van der Waals surface area (Å²) in [4.78, 5) is 33.4. The molecule has 9 nitrogen and oxygen atoms in total. The molecule has 150 valence electrons. The van der Waals surface area contributed by atoms with Crippen molar-refractivity contribution in [1.82, 2.24) is 10.6 Å². The van der Waals surface area contributed by atoms with Gasteiger partial charge in [0.2, 0.25) is 0 Å². The zero-order valence-corrected chi connectivity index (χ0v) is 16.2. The maximum atomic E-state index is 11.8. The summed E-state index contributed by atoms with van der Waals surface area (Å²) < 4.78 is 0. The van der Waals surface area contributed by atoms with E-state index in [1.165, 1.54) is 0 Å². The van der Waals surface area contributed by atoms with Crippen LogP contribution in [0.1, 0.15) is 24.0 Å². The molecule has 2 amide bonds. The highest BCUT2D eigenvalue weighted by atomic mass is 16.4. The van der Waals surface area contributed by atoms with Crippen LogP contribution >= 0.6 is 0 Å². The minimum Gasteiger partial charge on any atom is -0.480 e. The smallest absolute Gasteiger partial charge is 0.343 e. The number of nitrogens with two attached hydrogens (primary N) is 1. The van der Waals surface area contributed by atoms with Crippen molar-refractivity contribution in [2.45, 2.75) is 32.7 Å². The normalized spacial score (nSPS) is 16.5. The van der Waals surface area contributed by atoms with E-state index < -0.39 is 12.0 Å². The number of carboxylic acid groups (broad SMARTS) is 1. The SMILES string of the molecule is Cc1cc2c(cc1C)N(CCNCCCC(N)C(=O)O)C1=NC(=O)NCC1=N2. The number of aliphatic carboxylic acids is 1. The van der Waals surface area contributed by atoms with Crippen LogP contribution in [0.4, 0.5) is 16.2 Å². The molecule has 0 radical (unpaired) electrons. The molecule has 0 saturated carbocycles. The van der Waals surface area contributed by atoms with Crippen molar-refractivity contribution in [3.8, 4) is 0 Å². The maximum absolute atomic E-state index is 11.8. The van der Waals surface area contributed by atoms with Gasteiger partial charge in [-0.25, -0.2) is 9.79 Å². The van der Waals surface area contributed by atoms with Gasteiger partial charge in [-0.2, -0.15) is 4.99 Å². The average Bonchev–Trinajstić information content (AvgIpc) is 2.65. The fourth-order valence-electron chi connectivity index (χ4n) is 3.21. The minimum absolute atomic E-state index is 0.359. The van der Waals surface area contributed by atoms with Crippen molar-refractivity contribution in [3.05, 3.63) is 23.3 Å². The lowest BCUT2D eigenvalue weighted by Gasteiger charge is -2.33. The van der Waals surface area contributed by atoms with Crippen LogP contribution in [-0.4, -0.2) is 60.9 Å². The molecule has 2 aliphatic heterocycles. The molecule has 1 aromatic carbocycles. The predicted octanol–water partition coefficient (Wildman–Crippen LogP) is 1.10. The summed E-state index contributed by atoms with van der Waals surface area (Å²) >= 11 is 0. The van der Waals surface area contributed by atoms with E-state index in [2.05, 4.69) is 39.7 Å². The predicted molar refractivity (Wildman–Crippen MR) is 109 cm³/mol. The number of fused-ring (bicyclic) bond motifs is 2. The van der Waals surface area contributed by atoms with Gasteiger partial charge in [0.25, 0.3) is 0 Å². The van der Waals surface area contributed by atoms with Crippen LogP contribution in [-0.2, 0) is 4.79 Å². The number of amides is 2. The van der Waals surface area contributed by atoms with E-state index >= 15 is 0 Å². The molecule has 28 heavy (non-hydrogen) atoms. The molecule has 1 aromatic rings. The summed E-state index contributed by atoms with van der Waals surface area (Å²) in [5.74, 6) is -0.384. The molecule has 1 atom stereocenters. The summed E-state index contributed by atoms with van der Waals surface area (Å²) in [7, 11) is 0. The highest BCUT2D eigenvalue weighted by Crippen LogP contribution is 2.35. The Kier molecular flexibility index (Phi) is 6.05. The molecule has 0 bridgehead atoms. The summed E-state index contributed by atoms with van der Waals surface area (Å²) in [5, 5.41) is 14.8. The van der Waals surface area contributed by atoms with E-state index in [1.54, 1.807) is 0 Å². The minimum atomic E-state index is -0.976. The Hall–Kier alpha value is -2.78. The molecule has 2 heterocycles. The van der Waals surface area contributed by atoms with Gasteiger partial charge in [-0.3, -0.25) is 4.79 Å². The lowest BCUT2D eigenvalue weighted by molar-refractivity contribution is -0.138. The van der Waals surface area contributed by atoms with Crippen LogP contribution < -0.4 is 21.3 Å². The number of carbonyl (C=O) groups excluding carboxylic acids is 1. The fraction of sp³-hybridized carbons (Fsp3) is 0.474. The van der Waals surface area contributed by atoms with E-state index in [4.69, 9.17) is 10.8 Å². The Morgan fingerprint density at radius 1 is 1.32 bits per heavy atom. The van der Waals surface area contributed by atoms with Crippen LogP contribution in [0.25, 0.3) is 0 Å². The van der Waals surface area contributed by atoms with Gasteiger partial charge in [-0.1, -0.05) is 0 Å². The highest BCUT2D eigenvalue weighted by Gasteiger charge is 2.30. The molecule has 5 N–H and O–H groups in total. The van der Waals surface area contributed by atoms with E-state index in [0.717, 1.165) is 28.2 Å². The number of amidine groups is 1. The number of aliphatic imine (C=N–C) groups is 2. The first-order valence-electron chi connectivity index (χ1n) is 9.39. The first-order chi connectivity index (χ1) is 13.4. The molecule has 0 aliphatic carbocycles. The molecule has 2 aliphatic rings. The molecule has 0 spiro atoms. The van der Waals surface area contributed by atoms with Gasteiger partial charge in [0.15, 0.2) is 5.84 Å². The first-order valence-corrected chi connectivity index (χ1v) is 9.39. The molecule has 0 aromatic heterocycles. The Balaban J connectivity index is 1.68. The van der Waals surface area contributed by atoms with Gasteiger partial charge < -0.3 is 26.4 Å². The lowest BCUT2D eigenvalue weighted by Crippen LogP contribution is -2.50. The molecule has 0 fully saturated rings. The van der Waals surface area contributed by atoms with E-state index in [9.17, 15) is 9.59 Å². The maximum Gasteiger partial charge on any atom is 0.343 e. The number of urea groups is 1. The summed E-state index contributed by atoms with van der Waals surface area (Å²) in [6.45, 7) is 6.40. The number of aryl methyl sites for hydroxylation is 2. The van der Waals surface area contributed by atoms with Crippen molar-refractivity contribution in [2.75, 3.05) is 31.1 Å². The second-order valence-corrected chi connectivity index (χ2v) is 7.07. The van der Waals surface area contributed by atoms with Gasteiger partial charge in [-0.15, -0.1) is 0 Å². The number of hydrogen-bond acceptors (Lipinski definition) is 6. The van der Waals surface area contributed by atoms with Crippen molar-refractivity contribution in [1.29, 1.82) is 0 Å². The molecule has 3 rings (SSSR count). The van der Waals surface area contributed by atoms with Gasteiger partial charge in [0.1, 0.15) is 11.8 Å². The lowest BCUT2D eigenvalue weighted by atomic mass is 10.0. The van der Waals surface area contributed by atoms with Crippen molar-refractivity contribution < 1.29 is 14.7 Å². The second kappa shape index (κ2) is 8.49. The molecular weight excluding hydrogens is 360 g/mol. The quantitative estimate of drug-likeness (QED) is 0.495. The third kappa shape index (κ3) is 4.37. The van der Waals surface area contributed by atoms with Crippen LogP contribution in [0.3, 0.4) is 0 Å². The number of carbonyl (C=O) groups is 2. The van der Waals surface area contributed by atoms with Crippen LogP contribution in [0.2, 0.25) is 0 Å².